The Morgan fingerprint density at radius 1 is 1.18 bits per heavy atom. The van der Waals surface area contributed by atoms with Gasteiger partial charge in [-0.2, -0.15) is 0 Å². The molecule has 0 saturated heterocycles. The number of thiophene rings is 1. The van der Waals surface area contributed by atoms with Gasteiger partial charge < -0.3 is 9.90 Å². The van der Waals surface area contributed by atoms with Gasteiger partial charge in [0.15, 0.2) is 0 Å². The second kappa shape index (κ2) is 6.16. The maximum atomic E-state index is 13.0. The van der Waals surface area contributed by atoms with Crippen LogP contribution in [0.25, 0.3) is 20.3 Å². The molecular weight excluding hydrogens is 345 g/mol. The Hall–Kier alpha value is -1.76. The van der Waals surface area contributed by atoms with Crippen LogP contribution >= 0.6 is 34.3 Å². The first-order chi connectivity index (χ1) is 10.5. The molecule has 0 spiro atoms. The molecule has 0 atom stereocenters. The zero-order valence-electron chi connectivity index (χ0n) is 11.0. The number of hydrogen-bond donors (Lipinski definition) is 0. The molecule has 0 unspecified atom stereocenters. The van der Waals surface area contributed by atoms with Crippen LogP contribution in [0.4, 0.5) is 4.39 Å². The van der Waals surface area contributed by atoms with E-state index in [1.165, 1.54) is 34.8 Å². The number of carboxylic acids is 1. The Morgan fingerprint density at radius 2 is 1.91 bits per heavy atom. The van der Waals surface area contributed by atoms with Gasteiger partial charge >= 0.3 is 0 Å². The molecule has 112 valence electrons. The number of aliphatic carboxylic acids is 1. The van der Waals surface area contributed by atoms with Crippen molar-refractivity contribution in [2.24, 2.45) is 0 Å². The number of rotatable bonds is 4. The van der Waals surface area contributed by atoms with Crippen molar-refractivity contribution < 1.29 is 14.3 Å². The van der Waals surface area contributed by atoms with Gasteiger partial charge in [0.1, 0.15) is 10.8 Å². The summed E-state index contributed by atoms with van der Waals surface area (Å²) in [6.45, 7) is 0. The average Bonchev–Trinajstić information content (AvgIpc) is 3.05. The minimum absolute atomic E-state index is 0.275. The van der Waals surface area contributed by atoms with Crippen LogP contribution < -0.4 is 5.11 Å². The fourth-order valence-electron chi connectivity index (χ4n) is 1.95. The van der Waals surface area contributed by atoms with Crippen LogP contribution in [-0.4, -0.2) is 11.0 Å². The lowest BCUT2D eigenvalue weighted by molar-refractivity contribution is -0.304. The highest BCUT2D eigenvalue weighted by Crippen LogP contribution is 2.40. The number of aromatic nitrogens is 1. The Morgan fingerprint density at radius 3 is 2.50 bits per heavy atom. The third-order valence-corrected chi connectivity index (χ3v) is 5.46. The number of carbonyl (C=O) groups excluding carboxylic acids is 1. The maximum absolute atomic E-state index is 13.0. The molecular formula is C15H8ClFNO2S2-. The number of hydrogen-bond acceptors (Lipinski definition) is 5. The Labute approximate surface area is 138 Å². The van der Waals surface area contributed by atoms with Gasteiger partial charge in [0.2, 0.25) is 0 Å². The van der Waals surface area contributed by atoms with Crippen molar-refractivity contribution in [2.75, 3.05) is 0 Å². The number of thiazole rings is 1. The molecule has 0 N–H and O–H groups in total. The highest BCUT2D eigenvalue weighted by Gasteiger charge is 2.16. The molecule has 3 aromatic rings. The lowest BCUT2D eigenvalue weighted by Crippen LogP contribution is -2.24. The zero-order valence-corrected chi connectivity index (χ0v) is 13.4. The van der Waals surface area contributed by atoms with Crippen LogP contribution in [0.2, 0.25) is 4.34 Å². The van der Waals surface area contributed by atoms with E-state index in [4.69, 9.17) is 11.6 Å². The summed E-state index contributed by atoms with van der Waals surface area (Å²) in [5.74, 6) is -1.53. The third kappa shape index (κ3) is 3.19. The molecule has 0 aliphatic carbocycles. The molecule has 3 nitrogen and oxygen atoms in total. The molecule has 0 fully saturated rings. The van der Waals surface area contributed by atoms with E-state index in [1.807, 2.05) is 6.07 Å². The summed E-state index contributed by atoms with van der Waals surface area (Å²) in [6, 6.07) is 9.49. The van der Waals surface area contributed by atoms with Crippen LogP contribution in [0, 0.1) is 5.82 Å². The van der Waals surface area contributed by atoms with Crippen LogP contribution in [0.15, 0.2) is 36.4 Å². The van der Waals surface area contributed by atoms with Crippen molar-refractivity contribution in [2.45, 2.75) is 6.42 Å². The molecule has 0 bridgehead atoms. The van der Waals surface area contributed by atoms with Crippen molar-refractivity contribution in [3.05, 3.63) is 52.2 Å². The van der Waals surface area contributed by atoms with Gasteiger partial charge in [-0.15, -0.1) is 22.7 Å². The molecule has 0 radical (unpaired) electrons. The molecule has 22 heavy (non-hydrogen) atoms. The molecule has 0 aliphatic rings. The second-order valence-electron chi connectivity index (χ2n) is 4.45. The summed E-state index contributed by atoms with van der Waals surface area (Å²) < 4.78 is 13.6. The fraction of sp³-hybridized carbons (Fsp3) is 0.0667. The number of carbonyl (C=O) groups is 1. The summed E-state index contributed by atoms with van der Waals surface area (Å²) in [7, 11) is 0. The first kappa shape index (κ1) is 15.1. The quantitative estimate of drug-likeness (QED) is 0.720. The van der Waals surface area contributed by atoms with Gasteiger partial charge in [-0.05, 0) is 36.4 Å². The molecule has 7 heteroatoms. The van der Waals surface area contributed by atoms with Crippen molar-refractivity contribution >= 4 is 40.2 Å². The molecule has 0 amide bonds. The second-order valence-corrected chi connectivity index (χ2v) is 7.17. The smallest absolute Gasteiger partial charge is 0.124 e. The Bertz CT molecular complexity index is 826. The number of nitrogens with zero attached hydrogens (tertiary/aromatic N) is 1. The van der Waals surface area contributed by atoms with Gasteiger partial charge in [-0.3, -0.25) is 0 Å². The van der Waals surface area contributed by atoms with Gasteiger partial charge in [-0.1, -0.05) is 11.6 Å². The van der Waals surface area contributed by atoms with E-state index >= 15 is 0 Å². The monoisotopic (exact) mass is 352 g/mol. The maximum Gasteiger partial charge on any atom is 0.124 e. The third-order valence-electron chi connectivity index (χ3n) is 2.90. The minimum atomic E-state index is -1.19. The van der Waals surface area contributed by atoms with Crippen molar-refractivity contribution in [1.82, 2.24) is 4.98 Å². The lowest BCUT2D eigenvalue weighted by Gasteiger charge is -2.00. The van der Waals surface area contributed by atoms with Crippen molar-refractivity contribution in [1.29, 1.82) is 0 Å². The van der Waals surface area contributed by atoms with E-state index in [1.54, 1.807) is 18.2 Å². The van der Waals surface area contributed by atoms with Crippen molar-refractivity contribution in [3.8, 4) is 20.3 Å². The van der Waals surface area contributed by atoms with E-state index in [2.05, 4.69) is 4.98 Å². The first-order valence-corrected chi connectivity index (χ1v) is 8.25. The Kier molecular flexibility index (Phi) is 4.24. The highest BCUT2D eigenvalue weighted by molar-refractivity contribution is 7.25. The SMILES string of the molecule is O=C([O-])Cc1nc(-c2ccc(F)cc2)sc1-c1ccc(Cl)s1. The van der Waals surface area contributed by atoms with Gasteiger partial charge in [0.25, 0.3) is 0 Å². The summed E-state index contributed by atoms with van der Waals surface area (Å²) in [5.41, 5.74) is 1.17. The topological polar surface area (TPSA) is 53.0 Å². The number of benzene rings is 1. The summed E-state index contributed by atoms with van der Waals surface area (Å²) in [5, 5.41) is 11.6. The van der Waals surface area contributed by atoms with E-state index in [9.17, 15) is 14.3 Å². The largest absolute Gasteiger partial charge is 0.550 e. The molecule has 3 rings (SSSR count). The fourth-order valence-corrected chi connectivity index (χ4v) is 4.22. The molecule has 0 saturated carbocycles. The number of halogens is 2. The van der Waals surface area contributed by atoms with Crippen LogP contribution in [0.1, 0.15) is 5.69 Å². The predicted octanol–water partition coefficient (Wildman–Crippen LogP) is 3.62. The van der Waals surface area contributed by atoms with Crippen LogP contribution in [0.3, 0.4) is 0 Å². The molecule has 2 heterocycles. The Balaban J connectivity index is 2.07. The van der Waals surface area contributed by atoms with E-state index in [-0.39, 0.29) is 12.2 Å². The molecule has 2 aromatic heterocycles. The standard InChI is InChI=1S/C15H9ClFNO2S2/c16-12-6-5-11(21-12)14-10(7-13(19)20)18-15(22-14)8-1-3-9(17)4-2-8/h1-6H,7H2,(H,19,20)/p-1. The summed E-state index contributed by atoms with van der Waals surface area (Å²) >= 11 is 8.65. The first-order valence-electron chi connectivity index (χ1n) is 6.24. The summed E-state index contributed by atoms with van der Waals surface area (Å²) in [6.07, 6.45) is -0.275. The van der Waals surface area contributed by atoms with Crippen LogP contribution in [-0.2, 0) is 11.2 Å². The summed E-state index contributed by atoms with van der Waals surface area (Å²) in [4.78, 5) is 16.9. The minimum Gasteiger partial charge on any atom is -0.550 e. The van der Waals surface area contributed by atoms with Gasteiger partial charge in [0, 0.05) is 22.8 Å². The molecule has 1 aromatic carbocycles. The lowest BCUT2D eigenvalue weighted by atomic mass is 10.2. The van der Waals surface area contributed by atoms with E-state index in [0.29, 0.717) is 15.0 Å². The van der Waals surface area contributed by atoms with Crippen LogP contribution in [0.5, 0.6) is 0 Å². The molecule has 0 aliphatic heterocycles. The highest BCUT2D eigenvalue weighted by atomic mass is 35.5. The average molecular weight is 353 g/mol. The zero-order chi connectivity index (χ0) is 15.7. The predicted molar refractivity (Wildman–Crippen MR) is 84.5 cm³/mol. The van der Waals surface area contributed by atoms with E-state index < -0.39 is 5.97 Å². The number of carboxylic acid groups (broad SMARTS) is 1. The van der Waals surface area contributed by atoms with Gasteiger partial charge in [0.05, 0.1) is 14.9 Å². The normalized spacial score (nSPS) is 10.8. The van der Waals surface area contributed by atoms with E-state index in [0.717, 1.165) is 15.3 Å². The van der Waals surface area contributed by atoms with Gasteiger partial charge in [-0.25, -0.2) is 9.37 Å². The van der Waals surface area contributed by atoms with Crippen molar-refractivity contribution in [3.63, 3.8) is 0 Å².